The molecule has 128 valence electrons. The first kappa shape index (κ1) is 18.3. The Morgan fingerprint density at radius 1 is 1.13 bits per heavy atom. The minimum absolute atomic E-state index is 0. The van der Waals surface area contributed by atoms with Crippen LogP contribution in [0.25, 0.3) is 0 Å². The monoisotopic (exact) mass is 336 g/mol. The molecule has 2 heterocycles. The Hall–Kier alpha value is -1.06. The van der Waals surface area contributed by atoms with Gasteiger partial charge in [0.2, 0.25) is 0 Å². The number of nitrogens with zero attached hydrogens (tertiary/aromatic N) is 1. The fraction of sp³-hybridized carbons (Fsp3) is 0.632. The number of carbonyl (C=O) groups is 1. The predicted molar refractivity (Wildman–Crippen MR) is 97.6 cm³/mol. The molecule has 1 aromatic carbocycles. The molecule has 0 saturated carbocycles. The average Bonchev–Trinajstić information content (AvgIpc) is 2.56. The first-order valence-corrected chi connectivity index (χ1v) is 8.75. The number of hydrogen-bond acceptors (Lipinski definition) is 2. The van der Waals surface area contributed by atoms with Crippen LogP contribution in [0.4, 0.5) is 0 Å². The molecule has 1 aromatic rings. The van der Waals surface area contributed by atoms with Gasteiger partial charge in [-0.3, -0.25) is 4.79 Å². The van der Waals surface area contributed by atoms with Gasteiger partial charge in [-0.1, -0.05) is 13.0 Å². The van der Waals surface area contributed by atoms with E-state index in [4.69, 9.17) is 0 Å². The van der Waals surface area contributed by atoms with Crippen LogP contribution < -0.4 is 5.32 Å². The van der Waals surface area contributed by atoms with Gasteiger partial charge in [0.25, 0.3) is 5.91 Å². The number of amides is 1. The summed E-state index contributed by atoms with van der Waals surface area (Å²) in [5.74, 6) is 1.59. The molecule has 2 fully saturated rings. The number of carbonyl (C=O) groups excluding carboxylic acids is 1. The fourth-order valence-electron chi connectivity index (χ4n) is 3.74. The van der Waals surface area contributed by atoms with Gasteiger partial charge in [0.05, 0.1) is 0 Å². The van der Waals surface area contributed by atoms with E-state index in [1.807, 2.05) is 11.0 Å². The van der Waals surface area contributed by atoms with Crippen molar-refractivity contribution in [1.82, 2.24) is 10.2 Å². The number of halogens is 1. The average molecular weight is 337 g/mol. The van der Waals surface area contributed by atoms with Gasteiger partial charge in [0.15, 0.2) is 0 Å². The molecule has 0 atom stereocenters. The lowest BCUT2D eigenvalue weighted by Crippen LogP contribution is -2.38. The van der Waals surface area contributed by atoms with Gasteiger partial charge in [0, 0.05) is 18.7 Å². The minimum atomic E-state index is 0. The third kappa shape index (κ3) is 4.27. The largest absolute Gasteiger partial charge is 0.339 e. The van der Waals surface area contributed by atoms with E-state index in [0.29, 0.717) is 5.92 Å². The van der Waals surface area contributed by atoms with Crippen LogP contribution in [-0.2, 0) is 0 Å². The van der Waals surface area contributed by atoms with Crippen LogP contribution in [0.5, 0.6) is 0 Å². The molecular weight excluding hydrogens is 308 g/mol. The van der Waals surface area contributed by atoms with E-state index in [9.17, 15) is 4.79 Å². The Labute approximate surface area is 146 Å². The molecular formula is C19H29ClN2O. The van der Waals surface area contributed by atoms with E-state index >= 15 is 0 Å². The van der Waals surface area contributed by atoms with Crippen molar-refractivity contribution < 1.29 is 4.79 Å². The molecule has 0 spiro atoms. The number of benzene rings is 1. The number of aryl methyl sites for hydroxylation is 1. The third-order valence-corrected chi connectivity index (χ3v) is 5.38. The highest BCUT2D eigenvalue weighted by atomic mass is 35.5. The second-order valence-electron chi connectivity index (χ2n) is 7.07. The van der Waals surface area contributed by atoms with Gasteiger partial charge in [-0.25, -0.2) is 0 Å². The Bertz CT molecular complexity index is 532. The normalized spacial score (nSPS) is 20.2. The molecule has 0 radical (unpaired) electrons. The van der Waals surface area contributed by atoms with E-state index in [0.717, 1.165) is 50.5 Å². The summed E-state index contributed by atoms with van der Waals surface area (Å²) in [6.07, 6.45) is 4.64. The molecule has 0 aromatic heterocycles. The SMILES string of the molecule is Cc1ccc(C(=O)N2CCC(C)CC2)cc1C1CCNCC1.Cl. The summed E-state index contributed by atoms with van der Waals surface area (Å²) in [6, 6.07) is 6.32. The minimum Gasteiger partial charge on any atom is -0.339 e. The summed E-state index contributed by atoms with van der Waals surface area (Å²) in [5.41, 5.74) is 3.60. The molecule has 0 unspecified atom stereocenters. The van der Waals surface area contributed by atoms with Crippen LogP contribution >= 0.6 is 12.4 Å². The van der Waals surface area contributed by atoms with Crippen molar-refractivity contribution in [2.45, 2.75) is 45.4 Å². The van der Waals surface area contributed by atoms with Gasteiger partial charge in [-0.05, 0) is 80.8 Å². The van der Waals surface area contributed by atoms with Crippen LogP contribution in [-0.4, -0.2) is 37.0 Å². The highest BCUT2D eigenvalue weighted by molar-refractivity contribution is 5.94. The van der Waals surface area contributed by atoms with E-state index in [-0.39, 0.29) is 18.3 Å². The summed E-state index contributed by atoms with van der Waals surface area (Å²) < 4.78 is 0. The predicted octanol–water partition coefficient (Wildman–Crippen LogP) is 3.76. The molecule has 2 aliphatic rings. The van der Waals surface area contributed by atoms with Crippen molar-refractivity contribution >= 4 is 18.3 Å². The first-order valence-electron chi connectivity index (χ1n) is 8.75. The number of piperidine rings is 2. The third-order valence-electron chi connectivity index (χ3n) is 5.38. The molecule has 2 aliphatic heterocycles. The zero-order chi connectivity index (χ0) is 15.5. The van der Waals surface area contributed by atoms with Crippen LogP contribution in [0.1, 0.15) is 60.0 Å². The van der Waals surface area contributed by atoms with E-state index < -0.39 is 0 Å². The van der Waals surface area contributed by atoms with Crippen molar-refractivity contribution in [2.75, 3.05) is 26.2 Å². The summed E-state index contributed by atoms with van der Waals surface area (Å²) in [5, 5.41) is 3.42. The van der Waals surface area contributed by atoms with Gasteiger partial charge in [-0.15, -0.1) is 12.4 Å². The molecule has 4 heteroatoms. The van der Waals surface area contributed by atoms with Crippen molar-refractivity contribution in [3.05, 3.63) is 34.9 Å². The van der Waals surface area contributed by atoms with E-state index in [1.54, 1.807) is 0 Å². The van der Waals surface area contributed by atoms with Crippen molar-refractivity contribution in [3.8, 4) is 0 Å². The summed E-state index contributed by atoms with van der Waals surface area (Å²) in [4.78, 5) is 14.8. The number of likely N-dealkylation sites (tertiary alicyclic amines) is 1. The Morgan fingerprint density at radius 3 is 2.43 bits per heavy atom. The fourth-order valence-corrected chi connectivity index (χ4v) is 3.74. The smallest absolute Gasteiger partial charge is 0.253 e. The molecule has 2 saturated heterocycles. The maximum Gasteiger partial charge on any atom is 0.253 e. The Balaban J connectivity index is 0.00000192. The van der Waals surface area contributed by atoms with Gasteiger partial charge < -0.3 is 10.2 Å². The standard InChI is InChI=1S/C19H28N2O.ClH/c1-14-7-11-21(12-8-14)19(22)17-4-3-15(2)18(13-17)16-5-9-20-10-6-16;/h3-4,13-14,16,20H,5-12H2,1-2H3;1H. The Morgan fingerprint density at radius 2 is 1.78 bits per heavy atom. The lowest BCUT2D eigenvalue weighted by atomic mass is 9.86. The molecule has 3 rings (SSSR count). The summed E-state index contributed by atoms with van der Waals surface area (Å²) in [6.45, 7) is 8.46. The lowest BCUT2D eigenvalue weighted by Gasteiger charge is -2.31. The number of hydrogen-bond donors (Lipinski definition) is 1. The molecule has 1 N–H and O–H groups in total. The number of rotatable bonds is 2. The van der Waals surface area contributed by atoms with Crippen molar-refractivity contribution in [1.29, 1.82) is 0 Å². The topological polar surface area (TPSA) is 32.3 Å². The Kier molecular flexibility index (Phi) is 6.49. The molecule has 0 aliphatic carbocycles. The first-order chi connectivity index (χ1) is 10.6. The zero-order valence-electron chi connectivity index (χ0n) is 14.3. The van der Waals surface area contributed by atoms with Crippen molar-refractivity contribution in [3.63, 3.8) is 0 Å². The van der Waals surface area contributed by atoms with Crippen LogP contribution in [0.15, 0.2) is 18.2 Å². The lowest BCUT2D eigenvalue weighted by molar-refractivity contribution is 0.0697. The van der Waals surface area contributed by atoms with Crippen molar-refractivity contribution in [2.24, 2.45) is 5.92 Å². The van der Waals surface area contributed by atoms with Crippen LogP contribution in [0, 0.1) is 12.8 Å². The quantitative estimate of drug-likeness (QED) is 0.892. The summed E-state index contributed by atoms with van der Waals surface area (Å²) in [7, 11) is 0. The second-order valence-corrected chi connectivity index (χ2v) is 7.07. The maximum atomic E-state index is 12.8. The van der Waals surface area contributed by atoms with E-state index in [1.165, 1.54) is 24.0 Å². The van der Waals surface area contributed by atoms with E-state index in [2.05, 4.69) is 31.3 Å². The number of nitrogens with one attached hydrogen (secondary N) is 1. The van der Waals surface area contributed by atoms with Crippen LogP contribution in [0.3, 0.4) is 0 Å². The van der Waals surface area contributed by atoms with Gasteiger partial charge in [-0.2, -0.15) is 0 Å². The van der Waals surface area contributed by atoms with Gasteiger partial charge in [0.1, 0.15) is 0 Å². The zero-order valence-corrected chi connectivity index (χ0v) is 15.1. The molecule has 3 nitrogen and oxygen atoms in total. The highest BCUT2D eigenvalue weighted by Crippen LogP contribution is 2.29. The second kappa shape index (κ2) is 8.16. The summed E-state index contributed by atoms with van der Waals surface area (Å²) >= 11 is 0. The molecule has 23 heavy (non-hydrogen) atoms. The van der Waals surface area contributed by atoms with Gasteiger partial charge >= 0.3 is 0 Å². The maximum absolute atomic E-state index is 12.8. The molecule has 1 amide bonds. The highest BCUT2D eigenvalue weighted by Gasteiger charge is 2.23. The van der Waals surface area contributed by atoms with Crippen LogP contribution in [0.2, 0.25) is 0 Å². The molecule has 0 bridgehead atoms.